The Morgan fingerprint density at radius 1 is 1.33 bits per heavy atom. The number of halogens is 1. The van der Waals surface area contributed by atoms with Gasteiger partial charge in [-0.2, -0.15) is 0 Å². The Bertz CT molecular complexity index is 308. The van der Waals surface area contributed by atoms with Crippen LogP contribution in [-0.2, 0) is 11.3 Å². The van der Waals surface area contributed by atoms with Crippen molar-refractivity contribution in [2.24, 2.45) is 0 Å². The Morgan fingerprint density at radius 3 is 2.53 bits per heavy atom. The minimum absolute atomic E-state index is 0.305. The number of carboxylic acids is 1. The highest BCUT2D eigenvalue weighted by Gasteiger charge is 2.01. The molecule has 0 spiro atoms. The second kappa shape index (κ2) is 6.58. The molecule has 0 unspecified atom stereocenters. The van der Waals surface area contributed by atoms with Gasteiger partial charge in [-0.3, -0.25) is 0 Å². The Hall–Kier alpha value is -0.870. The van der Waals surface area contributed by atoms with Crippen molar-refractivity contribution in [2.75, 3.05) is 11.9 Å². The number of rotatable bonds is 6. The monoisotopic (exact) mass is 272 g/mol. The molecule has 0 fully saturated rings. The lowest BCUT2D eigenvalue weighted by Crippen LogP contribution is -1.98. The molecule has 0 aromatic heterocycles. The first-order valence-electron chi connectivity index (χ1n) is 4.70. The van der Waals surface area contributed by atoms with Gasteiger partial charge in [0.05, 0.1) is 12.2 Å². The van der Waals surface area contributed by atoms with Crippen molar-refractivity contribution in [3.05, 3.63) is 35.4 Å². The molecular weight excluding hydrogens is 260 g/mol. The quantitative estimate of drug-likeness (QED) is 0.640. The van der Waals surface area contributed by atoms with Gasteiger partial charge in [0.15, 0.2) is 0 Å². The fraction of sp³-hybridized carbons (Fsp3) is 0.364. The van der Waals surface area contributed by atoms with Crippen LogP contribution in [-0.4, -0.2) is 23.0 Å². The molecule has 1 aromatic carbocycles. The number of aromatic carboxylic acids is 1. The van der Waals surface area contributed by atoms with Gasteiger partial charge in [0.2, 0.25) is 0 Å². The normalized spacial score (nSPS) is 10.2. The Labute approximate surface area is 97.2 Å². The number of alkyl halides is 1. The Balaban J connectivity index is 2.39. The van der Waals surface area contributed by atoms with Crippen molar-refractivity contribution in [1.29, 1.82) is 0 Å². The third kappa shape index (κ3) is 4.44. The van der Waals surface area contributed by atoms with Crippen molar-refractivity contribution in [1.82, 2.24) is 0 Å². The molecule has 1 aromatic rings. The van der Waals surface area contributed by atoms with Gasteiger partial charge in [0, 0.05) is 11.9 Å². The predicted octanol–water partition coefficient (Wildman–Crippen LogP) is 2.69. The van der Waals surface area contributed by atoms with Gasteiger partial charge in [-0.15, -0.1) is 0 Å². The van der Waals surface area contributed by atoms with Crippen LogP contribution in [0.2, 0.25) is 0 Å². The fourth-order valence-corrected chi connectivity index (χ4v) is 1.32. The van der Waals surface area contributed by atoms with E-state index in [0.29, 0.717) is 18.8 Å². The van der Waals surface area contributed by atoms with Crippen molar-refractivity contribution in [2.45, 2.75) is 13.0 Å². The minimum Gasteiger partial charge on any atom is -0.478 e. The van der Waals surface area contributed by atoms with Crippen LogP contribution in [0, 0.1) is 0 Å². The van der Waals surface area contributed by atoms with Gasteiger partial charge in [-0.1, -0.05) is 28.1 Å². The molecular formula is C11H13BrO3. The van der Waals surface area contributed by atoms with Gasteiger partial charge in [-0.05, 0) is 24.1 Å². The highest BCUT2D eigenvalue weighted by atomic mass is 79.9. The molecule has 82 valence electrons. The van der Waals surface area contributed by atoms with E-state index in [4.69, 9.17) is 9.84 Å². The summed E-state index contributed by atoms with van der Waals surface area (Å²) in [5, 5.41) is 9.62. The second-order valence-electron chi connectivity index (χ2n) is 3.10. The summed E-state index contributed by atoms with van der Waals surface area (Å²) in [6, 6.07) is 6.73. The number of hydrogen-bond donors (Lipinski definition) is 1. The van der Waals surface area contributed by atoms with Gasteiger partial charge in [0.25, 0.3) is 0 Å². The summed E-state index contributed by atoms with van der Waals surface area (Å²) in [7, 11) is 0. The predicted molar refractivity (Wildman–Crippen MR) is 61.5 cm³/mol. The van der Waals surface area contributed by atoms with Gasteiger partial charge >= 0.3 is 5.97 Å². The lowest BCUT2D eigenvalue weighted by Gasteiger charge is -2.03. The lowest BCUT2D eigenvalue weighted by molar-refractivity contribution is 0.0696. The highest BCUT2D eigenvalue weighted by Crippen LogP contribution is 2.06. The summed E-state index contributed by atoms with van der Waals surface area (Å²) in [6.07, 6.45) is 0.979. The van der Waals surface area contributed by atoms with Crippen LogP contribution in [0.15, 0.2) is 24.3 Å². The van der Waals surface area contributed by atoms with Crippen LogP contribution in [0.4, 0.5) is 0 Å². The molecule has 0 saturated carbocycles. The first-order chi connectivity index (χ1) is 7.24. The van der Waals surface area contributed by atoms with Gasteiger partial charge in [-0.25, -0.2) is 4.79 Å². The standard InChI is InChI=1S/C11H13BrO3/c12-6-1-7-15-8-9-2-4-10(5-3-9)11(13)14/h2-5H,1,6-8H2,(H,13,14). The topological polar surface area (TPSA) is 46.5 Å². The smallest absolute Gasteiger partial charge is 0.335 e. The number of benzene rings is 1. The van der Waals surface area contributed by atoms with E-state index in [1.165, 1.54) is 0 Å². The maximum absolute atomic E-state index is 10.6. The van der Waals surface area contributed by atoms with E-state index in [0.717, 1.165) is 17.3 Å². The average Bonchev–Trinajstić information content (AvgIpc) is 2.25. The molecule has 0 heterocycles. The molecule has 1 rings (SSSR count). The van der Waals surface area contributed by atoms with E-state index in [9.17, 15) is 4.79 Å². The lowest BCUT2D eigenvalue weighted by atomic mass is 10.1. The maximum Gasteiger partial charge on any atom is 0.335 e. The van der Waals surface area contributed by atoms with E-state index in [-0.39, 0.29) is 0 Å². The molecule has 1 N–H and O–H groups in total. The van der Waals surface area contributed by atoms with Gasteiger partial charge in [0.1, 0.15) is 0 Å². The summed E-state index contributed by atoms with van der Waals surface area (Å²) >= 11 is 3.32. The summed E-state index contributed by atoms with van der Waals surface area (Å²) in [4.78, 5) is 10.6. The number of hydrogen-bond acceptors (Lipinski definition) is 2. The van der Waals surface area contributed by atoms with Crippen molar-refractivity contribution in [3.63, 3.8) is 0 Å². The number of carboxylic acid groups (broad SMARTS) is 1. The third-order valence-electron chi connectivity index (χ3n) is 1.89. The zero-order valence-corrected chi connectivity index (χ0v) is 9.87. The van der Waals surface area contributed by atoms with Crippen LogP contribution in [0.3, 0.4) is 0 Å². The molecule has 3 nitrogen and oxygen atoms in total. The molecule has 0 amide bonds. The number of ether oxygens (including phenoxy) is 1. The molecule has 0 bridgehead atoms. The molecule has 15 heavy (non-hydrogen) atoms. The zero-order chi connectivity index (χ0) is 11.1. The average molecular weight is 273 g/mol. The maximum atomic E-state index is 10.6. The summed E-state index contributed by atoms with van der Waals surface area (Å²) < 4.78 is 5.38. The molecule has 0 atom stereocenters. The third-order valence-corrected chi connectivity index (χ3v) is 2.45. The summed E-state index contributed by atoms with van der Waals surface area (Å²) in [5.41, 5.74) is 1.30. The van der Waals surface area contributed by atoms with Crippen molar-refractivity contribution < 1.29 is 14.6 Å². The van der Waals surface area contributed by atoms with Crippen LogP contribution >= 0.6 is 15.9 Å². The van der Waals surface area contributed by atoms with E-state index < -0.39 is 5.97 Å². The van der Waals surface area contributed by atoms with E-state index >= 15 is 0 Å². The first kappa shape index (κ1) is 12.2. The van der Waals surface area contributed by atoms with Crippen LogP contribution in [0.25, 0.3) is 0 Å². The minimum atomic E-state index is -0.901. The SMILES string of the molecule is O=C(O)c1ccc(COCCCBr)cc1. The van der Waals surface area contributed by atoms with Crippen LogP contribution < -0.4 is 0 Å². The molecule has 0 saturated heterocycles. The largest absolute Gasteiger partial charge is 0.478 e. The molecule has 0 aliphatic heterocycles. The Kier molecular flexibility index (Phi) is 5.36. The second-order valence-corrected chi connectivity index (χ2v) is 3.89. The highest BCUT2D eigenvalue weighted by molar-refractivity contribution is 9.09. The molecule has 0 aliphatic carbocycles. The van der Waals surface area contributed by atoms with Crippen LogP contribution in [0.1, 0.15) is 22.3 Å². The summed E-state index contributed by atoms with van der Waals surface area (Å²) in [6.45, 7) is 1.25. The van der Waals surface area contributed by atoms with E-state index in [2.05, 4.69) is 15.9 Å². The van der Waals surface area contributed by atoms with E-state index in [1.807, 2.05) is 0 Å². The van der Waals surface area contributed by atoms with E-state index in [1.54, 1.807) is 24.3 Å². The Morgan fingerprint density at radius 2 is 2.00 bits per heavy atom. The first-order valence-corrected chi connectivity index (χ1v) is 5.82. The fourth-order valence-electron chi connectivity index (χ4n) is 1.09. The number of carbonyl (C=O) groups is 1. The molecule has 0 radical (unpaired) electrons. The van der Waals surface area contributed by atoms with Crippen LogP contribution in [0.5, 0.6) is 0 Å². The zero-order valence-electron chi connectivity index (χ0n) is 8.28. The summed E-state index contributed by atoms with van der Waals surface area (Å²) in [5.74, 6) is -0.901. The van der Waals surface area contributed by atoms with Gasteiger partial charge < -0.3 is 9.84 Å². The van der Waals surface area contributed by atoms with Crippen molar-refractivity contribution >= 4 is 21.9 Å². The molecule has 4 heteroatoms. The molecule has 0 aliphatic rings. The van der Waals surface area contributed by atoms with Crippen molar-refractivity contribution in [3.8, 4) is 0 Å².